The first-order valence-corrected chi connectivity index (χ1v) is 7.26. The van der Waals surface area contributed by atoms with E-state index in [2.05, 4.69) is 16.7 Å². The summed E-state index contributed by atoms with van der Waals surface area (Å²) in [4.78, 5) is 0. The zero-order valence-electron chi connectivity index (χ0n) is 11.0. The Kier molecular flexibility index (Phi) is 5.17. The van der Waals surface area contributed by atoms with Crippen molar-refractivity contribution in [3.8, 4) is 6.07 Å². The first-order chi connectivity index (χ1) is 9.28. The third-order valence-electron chi connectivity index (χ3n) is 3.46. The molecule has 0 radical (unpaired) electrons. The number of nitriles is 1. The number of rotatable bonds is 2. The van der Waals surface area contributed by atoms with Gasteiger partial charge in [-0.1, -0.05) is 25.7 Å². The Morgan fingerprint density at radius 1 is 1.11 bits per heavy atom. The fourth-order valence-corrected chi connectivity index (χ4v) is 2.69. The Hall–Kier alpha value is -1.60. The standard InChI is InChI=1S/C15H19N3S/c16-11-12-7-9-14(10-8-12)18-15(19)17-13-5-3-1-2-4-6-13/h7-10,13H,1-6H2,(H2,17,18,19). The molecular formula is C15H19N3S. The summed E-state index contributed by atoms with van der Waals surface area (Å²) in [5.41, 5.74) is 1.58. The summed E-state index contributed by atoms with van der Waals surface area (Å²) in [5, 5.41) is 16.0. The second kappa shape index (κ2) is 7.10. The average Bonchev–Trinajstić information content (AvgIpc) is 2.68. The monoisotopic (exact) mass is 273 g/mol. The minimum absolute atomic E-state index is 0.501. The number of anilines is 1. The van der Waals surface area contributed by atoms with Crippen molar-refractivity contribution in [2.45, 2.75) is 44.6 Å². The van der Waals surface area contributed by atoms with Gasteiger partial charge in [0.25, 0.3) is 0 Å². The lowest BCUT2D eigenvalue weighted by atomic mass is 10.1. The highest BCUT2D eigenvalue weighted by Gasteiger charge is 2.12. The summed E-state index contributed by atoms with van der Waals surface area (Å²) in [7, 11) is 0. The molecule has 0 atom stereocenters. The molecule has 1 aliphatic carbocycles. The Morgan fingerprint density at radius 2 is 1.74 bits per heavy atom. The van der Waals surface area contributed by atoms with Gasteiger partial charge in [0.2, 0.25) is 0 Å². The van der Waals surface area contributed by atoms with Crippen molar-refractivity contribution >= 4 is 23.0 Å². The third kappa shape index (κ3) is 4.53. The third-order valence-corrected chi connectivity index (χ3v) is 3.68. The van der Waals surface area contributed by atoms with Gasteiger partial charge in [-0.3, -0.25) is 0 Å². The predicted octanol–water partition coefficient (Wildman–Crippen LogP) is 3.57. The van der Waals surface area contributed by atoms with Crippen molar-refractivity contribution in [2.75, 3.05) is 5.32 Å². The predicted molar refractivity (Wildman–Crippen MR) is 82.0 cm³/mol. The minimum atomic E-state index is 0.501. The van der Waals surface area contributed by atoms with Crippen LogP contribution in [-0.4, -0.2) is 11.2 Å². The molecule has 0 aromatic heterocycles. The molecule has 100 valence electrons. The normalized spacial score (nSPS) is 16.2. The lowest BCUT2D eigenvalue weighted by Gasteiger charge is -2.19. The van der Waals surface area contributed by atoms with Crippen molar-refractivity contribution in [2.24, 2.45) is 0 Å². The van der Waals surface area contributed by atoms with Gasteiger partial charge in [0.15, 0.2) is 5.11 Å². The van der Waals surface area contributed by atoms with Gasteiger partial charge in [-0.15, -0.1) is 0 Å². The Labute approximate surface area is 120 Å². The van der Waals surface area contributed by atoms with Crippen LogP contribution in [0.5, 0.6) is 0 Å². The van der Waals surface area contributed by atoms with Crippen LogP contribution in [0.2, 0.25) is 0 Å². The summed E-state index contributed by atoms with van der Waals surface area (Å²) >= 11 is 5.34. The highest BCUT2D eigenvalue weighted by molar-refractivity contribution is 7.80. The largest absolute Gasteiger partial charge is 0.360 e. The van der Waals surface area contributed by atoms with Gasteiger partial charge in [0, 0.05) is 11.7 Å². The number of nitrogens with one attached hydrogen (secondary N) is 2. The van der Waals surface area contributed by atoms with Gasteiger partial charge in [0.05, 0.1) is 11.6 Å². The fourth-order valence-electron chi connectivity index (χ4n) is 2.40. The molecule has 2 rings (SSSR count). The van der Waals surface area contributed by atoms with E-state index in [0.29, 0.717) is 16.7 Å². The molecule has 4 heteroatoms. The summed E-state index contributed by atoms with van der Waals surface area (Å²) in [6.07, 6.45) is 7.67. The van der Waals surface area contributed by atoms with Crippen LogP contribution in [0.4, 0.5) is 5.69 Å². The van der Waals surface area contributed by atoms with E-state index in [1.165, 1.54) is 38.5 Å². The van der Waals surface area contributed by atoms with E-state index in [-0.39, 0.29) is 0 Å². The molecular weight excluding hydrogens is 254 g/mol. The first kappa shape index (κ1) is 13.8. The molecule has 0 saturated heterocycles. The van der Waals surface area contributed by atoms with Crippen LogP contribution < -0.4 is 10.6 Å². The van der Waals surface area contributed by atoms with Crippen LogP contribution in [0, 0.1) is 11.3 Å². The molecule has 0 amide bonds. The highest BCUT2D eigenvalue weighted by Crippen LogP contribution is 2.17. The summed E-state index contributed by atoms with van der Waals surface area (Å²) < 4.78 is 0. The molecule has 0 spiro atoms. The van der Waals surface area contributed by atoms with Crippen molar-refractivity contribution in [1.29, 1.82) is 5.26 Å². The van der Waals surface area contributed by atoms with E-state index in [1.807, 2.05) is 12.1 Å². The molecule has 1 saturated carbocycles. The first-order valence-electron chi connectivity index (χ1n) is 6.85. The lowest BCUT2D eigenvalue weighted by Crippen LogP contribution is -2.37. The molecule has 1 aromatic rings. The maximum Gasteiger partial charge on any atom is 0.170 e. The van der Waals surface area contributed by atoms with Crippen molar-refractivity contribution in [1.82, 2.24) is 5.32 Å². The summed E-state index contributed by atoms with van der Waals surface area (Å²) in [6.45, 7) is 0. The van der Waals surface area contributed by atoms with Gasteiger partial charge < -0.3 is 10.6 Å². The Bertz CT molecular complexity index is 453. The Balaban J connectivity index is 1.84. The number of hydrogen-bond acceptors (Lipinski definition) is 2. The second-order valence-electron chi connectivity index (χ2n) is 4.98. The quantitative estimate of drug-likeness (QED) is 0.639. The molecule has 1 aliphatic rings. The second-order valence-corrected chi connectivity index (χ2v) is 5.38. The number of thiocarbonyl (C=S) groups is 1. The number of nitrogens with zero attached hydrogens (tertiary/aromatic N) is 1. The van der Waals surface area contributed by atoms with Crippen LogP contribution in [0.3, 0.4) is 0 Å². The smallest absolute Gasteiger partial charge is 0.170 e. The lowest BCUT2D eigenvalue weighted by molar-refractivity contribution is 0.535. The molecule has 3 nitrogen and oxygen atoms in total. The van der Waals surface area contributed by atoms with E-state index < -0.39 is 0 Å². The van der Waals surface area contributed by atoms with Gasteiger partial charge >= 0.3 is 0 Å². The van der Waals surface area contributed by atoms with Crippen molar-refractivity contribution < 1.29 is 0 Å². The van der Waals surface area contributed by atoms with E-state index in [4.69, 9.17) is 17.5 Å². The highest BCUT2D eigenvalue weighted by atomic mass is 32.1. The molecule has 0 unspecified atom stereocenters. The van der Waals surface area contributed by atoms with E-state index in [1.54, 1.807) is 12.1 Å². The molecule has 1 fully saturated rings. The topological polar surface area (TPSA) is 47.9 Å². The van der Waals surface area contributed by atoms with Gasteiger partial charge in [0.1, 0.15) is 0 Å². The van der Waals surface area contributed by atoms with Gasteiger partial charge in [-0.05, 0) is 49.3 Å². The maximum atomic E-state index is 8.74. The van der Waals surface area contributed by atoms with Crippen LogP contribution in [0.1, 0.15) is 44.1 Å². The zero-order chi connectivity index (χ0) is 13.5. The van der Waals surface area contributed by atoms with Crippen LogP contribution in [0.15, 0.2) is 24.3 Å². The summed E-state index contributed by atoms with van der Waals surface area (Å²) in [6, 6.07) is 9.93. The molecule has 2 N–H and O–H groups in total. The number of benzene rings is 1. The number of hydrogen-bond donors (Lipinski definition) is 2. The maximum absolute atomic E-state index is 8.74. The van der Waals surface area contributed by atoms with Crippen LogP contribution in [0.25, 0.3) is 0 Å². The summed E-state index contributed by atoms with van der Waals surface area (Å²) in [5.74, 6) is 0. The van der Waals surface area contributed by atoms with Crippen LogP contribution >= 0.6 is 12.2 Å². The molecule has 0 aliphatic heterocycles. The minimum Gasteiger partial charge on any atom is -0.360 e. The van der Waals surface area contributed by atoms with Gasteiger partial charge in [-0.25, -0.2) is 0 Å². The molecule has 1 aromatic carbocycles. The SMILES string of the molecule is N#Cc1ccc(NC(=S)NC2CCCCCC2)cc1. The van der Waals surface area contributed by atoms with E-state index in [0.717, 1.165) is 5.69 Å². The van der Waals surface area contributed by atoms with Gasteiger partial charge in [-0.2, -0.15) is 5.26 Å². The Morgan fingerprint density at radius 3 is 2.32 bits per heavy atom. The molecule has 0 bridgehead atoms. The van der Waals surface area contributed by atoms with Crippen LogP contribution in [-0.2, 0) is 0 Å². The van der Waals surface area contributed by atoms with Crippen molar-refractivity contribution in [3.05, 3.63) is 29.8 Å². The average molecular weight is 273 g/mol. The molecule has 19 heavy (non-hydrogen) atoms. The van der Waals surface area contributed by atoms with E-state index in [9.17, 15) is 0 Å². The van der Waals surface area contributed by atoms with Crippen molar-refractivity contribution in [3.63, 3.8) is 0 Å². The fraction of sp³-hybridized carbons (Fsp3) is 0.467. The van der Waals surface area contributed by atoms with E-state index >= 15 is 0 Å². The molecule has 0 heterocycles. The zero-order valence-corrected chi connectivity index (χ0v) is 11.8.